The normalized spacial score (nSPS) is 20.5. The number of ether oxygens (including phenoxy) is 1. The standard InChI is InChI=1S/C16H28BNO4.C7H8/c1-14(2,3)20-13(19)18-11-9-8-10-12(18)17-21-15(4,5)16(6,7)22-17;1-7-5-3-2-4-6-7/h10H,8-9,11H2,1-7H3;2-6H,1H3. The quantitative estimate of drug-likeness (QED) is 0.581. The molecule has 29 heavy (non-hydrogen) atoms. The van der Waals surface area contributed by atoms with Crippen molar-refractivity contribution in [3.05, 3.63) is 47.6 Å². The average molecular weight is 401 g/mol. The first kappa shape index (κ1) is 23.5. The van der Waals surface area contributed by atoms with E-state index < -0.39 is 23.9 Å². The van der Waals surface area contributed by atoms with Crippen molar-refractivity contribution in [3.8, 4) is 0 Å². The Morgan fingerprint density at radius 2 is 1.62 bits per heavy atom. The second-order valence-electron chi connectivity index (χ2n) is 9.65. The molecule has 1 fully saturated rings. The third-order valence-electron chi connectivity index (χ3n) is 5.30. The number of carbonyl (C=O) groups is 1. The molecule has 0 aromatic heterocycles. The van der Waals surface area contributed by atoms with Gasteiger partial charge in [0.25, 0.3) is 0 Å². The first-order valence-corrected chi connectivity index (χ1v) is 10.4. The molecule has 0 unspecified atom stereocenters. The number of carbonyl (C=O) groups excluding carboxylic acids is 1. The van der Waals surface area contributed by atoms with Gasteiger partial charge in [0.15, 0.2) is 0 Å². The van der Waals surface area contributed by atoms with Crippen LogP contribution in [0.3, 0.4) is 0 Å². The lowest BCUT2D eigenvalue weighted by molar-refractivity contribution is 0.00578. The minimum Gasteiger partial charge on any atom is -0.443 e. The number of amides is 1. The Labute approximate surface area is 176 Å². The summed E-state index contributed by atoms with van der Waals surface area (Å²) in [4.78, 5) is 14.1. The van der Waals surface area contributed by atoms with Crippen molar-refractivity contribution in [3.63, 3.8) is 0 Å². The van der Waals surface area contributed by atoms with E-state index in [0.717, 1.165) is 18.4 Å². The highest BCUT2D eigenvalue weighted by molar-refractivity contribution is 6.54. The lowest BCUT2D eigenvalue weighted by Gasteiger charge is -2.32. The van der Waals surface area contributed by atoms with Crippen LogP contribution in [0.1, 0.15) is 66.9 Å². The number of benzene rings is 1. The highest BCUT2D eigenvalue weighted by Gasteiger charge is 2.54. The fourth-order valence-corrected chi connectivity index (χ4v) is 2.97. The lowest BCUT2D eigenvalue weighted by Crippen LogP contribution is -2.43. The minimum atomic E-state index is -0.530. The number of rotatable bonds is 1. The van der Waals surface area contributed by atoms with Gasteiger partial charge >= 0.3 is 13.2 Å². The second-order valence-corrected chi connectivity index (χ2v) is 9.65. The maximum atomic E-state index is 12.5. The van der Waals surface area contributed by atoms with E-state index >= 15 is 0 Å². The highest BCUT2D eigenvalue weighted by Crippen LogP contribution is 2.40. The Hall–Kier alpha value is -1.79. The Kier molecular flexibility index (Phi) is 7.23. The number of hydrogen-bond donors (Lipinski definition) is 0. The molecular formula is C23H36BNO4. The molecule has 2 heterocycles. The molecule has 0 bridgehead atoms. The van der Waals surface area contributed by atoms with Crippen LogP contribution >= 0.6 is 0 Å². The van der Waals surface area contributed by atoms with Crippen LogP contribution in [0.15, 0.2) is 42.0 Å². The van der Waals surface area contributed by atoms with E-state index in [4.69, 9.17) is 14.0 Å². The summed E-state index contributed by atoms with van der Waals surface area (Å²) in [7, 11) is -0.530. The summed E-state index contributed by atoms with van der Waals surface area (Å²) >= 11 is 0. The Bertz CT molecular complexity index is 706. The SMILES string of the molecule is CC(C)(C)OC(=O)N1CCCC=C1B1OC(C)(C)C(C)(C)O1.Cc1ccccc1. The molecule has 2 aliphatic rings. The fourth-order valence-electron chi connectivity index (χ4n) is 2.97. The number of aryl methyl sites for hydroxylation is 1. The van der Waals surface area contributed by atoms with Gasteiger partial charge in [0.05, 0.1) is 16.8 Å². The number of allylic oxidation sites excluding steroid dienone is 1. The molecule has 1 aromatic carbocycles. The van der Waals surface area contributed by atoms with Gasteiger partial charge in [-0.1, -0.05) is 42.0 Å². The Balaban J connectivity index is 0.000000360. The summed E-state index contributed by atoms with van der Waals surface area (Å²) in [5.74, 6) is 0. The highest BCUT2D eigenvalue weighted by atomic mass is 16.7. The second kappa shape index (κ2) is 8.92. The van der Waals surface area contributed by atoms with Crippen LogP contribution in [-0.4, -0.2) is 41.5 Å². The predicted octanol–water partition coefficient (Wildman–Crippen LogP) is 5.53. The summed E-state index contributed by atoms with van der Waals surface area (Å²) < 4.78 is 17.7. The first-order valence-electron chi connectivity index (χ1n) is 10.4. The molecule has 0 aliphatic carbocycles. The molecule has 0 saturated carbocycles. The van der Waals surface area contributed by atoms with Gasteiger partial charge in [-0.2, -0.15) is 0 Å². The molecule has 5 nitrogen and oxygen atoms in total. The third kappa shape index (κ3) is 6.35. The Morgan fingerprint density at radius 3 is 2.07 bits per heavy atom. The summed E-state index contributed by atoms with van der Waals surface area (Å²) in [6, 6.07) is 10.3. The molecule has 2 aliphatic heterocycles. The third-order valence-corrected chi connectivity index (χ3v) is 5.30. The van der Waals surface area contributed by atoms with Gasteiger partial charge < -0.3 is 14.0 Å². The zero-order valence-electron chi connectivity index (χ0n) is 19.2. The molecule has 1 aromatic rings. The molecular weight excluding hydrogens is 365 g/mol. The molecule has 1 amide bonds. The van der Waals surface area contributed by atoms with E-state index in [1.54, 1.807) is 4.90 Å². The summed E-state index contributed by atoms with van der Waals surface area (Å²) in [6.45, 7) is 16.3. The first-order chi connectivity index (χ1) is 13.3. The molecule has 0 atom stereocenters. The molecule has 0 radical (unpaired) electrons. The smallest absolute Gasteiger partial charge is 0.443 e. The van der Waals surface area contributed by atoms with E-state index in [-0.39, 0.29) is 6.09 Å². The van der Waals surface area contributed by atoms with Crippen LogP contribution in [0.2, 0.25) is 0 Å². The number of nitrogens with zero attached hydrogens (tertiary/aromatic N) is 1. The minimum absolute atomic E-state index is 0.340. The van der Waals surface area contributed by atoms with Crippen molar-refractivity contribution in [2.45, 2.75) is 85.0 Å². The van der Waals surface area contributed by atoms with Crippen LogP contribution in [0.4, 0.5) is 4.79 Å². The zero-order valence-corrected chi connectivity index (χ0v) is 19.2. The monoisotopic (exact) mass is 401 g/mol. The van der Waals surface area contributed by atoms with E-state index in [1.807, 2.05) is 72.7 Å². The van der Waals surface area contributed by atoms with Crippen molar-refractivity contribution in [1.29, 1.82) is 0 Å². The lowest BCUT2D eigenvalue weighted by atomic mass is 9.81. The number of hydrogen-bond acceptors (Lipinski definition) is 4. The Morgan fingerprint density at radius 1 is 1.07 bits per heavy atom. The summed E-state index contributed by atoms with van der Waals surface area (Å²) in [5, 5.41) is 0. The average Bonchev–Trinajstić information content (AvgIpc) is 2.82. The molecule has 3 rings (SSSR count). The molecule has 160 valence electrons. The van der Waals surface area contributed by atoms with Crippen molar-refractivity contribution in [1.82, 2.24) is 4.90 Å². The van der Waals surface area contributed by atoms with E-state index in [2.05, 4.69) is 19.1 Å². The van der Waals surface area contributed by atoms with Gasteiger partial charge in [-0.3, -0.25) is 4.90 Å². The largest absolute Gasteiger partial charge is 0.512 e. The van der Waals surface area contributed by atoms with E-state index in [1.165, 1.54) is 5.56 Å². The van der Waals surface area contributed by atoms with Crippen molar-refractivity contribution in [2.75, 3.05) is 6.54 Å². The summed E-state index contributed by atoms with van der Waals surface area (Å²) in [6.07, 6.45) is 3.52. The van der Waals surface area contributed by atoms with Gasteiger partial charge in [0.2, 0.25) is 0 Å². The van der Waals surface area contributed by atoms with Gasteiger partial charge in [-0.15, -0.1) is 0 Å². The van der Waals surface area contributed by atoms with Gasteiger partial charge in [0, 0.05) is 6.54 Å². The van der Waals surface area contributed by atoms with Crippen LogP contribution in [0, 0.1) is 6.92 Å². The maximum absolute atomic E-state index is 12.5. The zero-order chi connectivity index (χ0) is 21.9. The van der Waals surface area contributed by atoms with Gasteiger partial charge in [0.1, 0.15) is 5.60 Å². The van der Waals surface area contributed by atoms with Crippen molar-refractivity contribution >= 4 is 13.2 Å². The molecule has 0 N–H and O–H groups in total. The van der Waals surface area contributed by atoms with Crippen LogP contribution in [-0.2, 0) is 14.0 Å². The van der Waals surface area contributed by atoms with Crippen molar-refractivity contribution < 1.29 is 18.8 Å². The molecule has 1 saturated heterocycles. The van der Waals surface area contributed by atoms with Crippen molar-refractivity contribution in [2.24, 2.45) is 0 Å². The molecule has 6 heteroatoms. The van der Waals surface area contributed by atoms with Crippen LogP contribution in [0.5, 0.6) is 0 Å². The van der Waals surface area contributed by atoms with Crippen LogP contribution < -0.4 is 0 Å². The molecule has 0 spiro atoms. The van der Waals surface area contributed by atoms with Gasteiger partial charge in [-0.05, 0) is 68.2 Å². The fraction of sp³-hybridized carbons (Fsp3) is 0.609. The van der Waals surface area contributed by atoms with E-state index in [0.29, 0.717) is 6.54 Å². The topological polar surface area (TPSA) is 48.0 Å². The predicted molar refractivity (Wildman–Crippen MR) is 118 cm³/mol. The van der Waals surface area contributed by atoms with Crippen LogP contribution in [0.25, 0.3) is 0 Å². The van der Waals surface area contributed by atoms with E-state index in [9.17, 15) is 4.79 Å². The summed E-state index contributed by atoms with van der Waals surface area (Å²) in [5.41, 5.74) is 0.724. The van der Waals surface area contributed by atoms with Gasteiger partial charge in [-0.25, -0.2) is 4.79 Å². The maximum Gasteiger partial charge on any atom is 0.512 e.